The fourth-order valence-electron chi connectivity index (χ4n) is 1.65. The molecule has 0 heterocycles. The molecule has 4 nitrogen and oxygen atoms in total. The molecular formula is C15H21F2N3O. The summed E-state index contributed by atoms with van der Waals surface area (Å²) < 4.78 is 32.9. The van der Waals surface area contributed by atoms with Crippen LogP contribution in [0.5, 0.6) is 5.75 Å². The average Bonchev–Trinajstić information content (AvgIpc) is 2.41. The summed E-state index contributed by atoms with van der Waals surface area (Å²) in [6, 6.07) is 3.60. The number of rotatable bonds is 6. The number of likely N-dealkylation sites (N-methyl/N-ethyl adjacent to an activating group) is 1. The largest absolute Gasteiger partial charge is 0.461 e. The minimum Gasteiger partial charge on any atom is -0.461 e. The molecule has 0 spiro atoms. The molecule has 1 unspecified atom stereocenters. The predicted octanol–water partition coefficient (Wildman–Crippen LogP) is 2.89. The van der Waals surface area contributed by atoms with Gasteiger partial charge in [-0.25, -0.2) is 8.78 Å². The van der Waals surface area contributed by atoms with Crippen molar-refractivity contribution in [3.8, 4) is 5.75 Å². The van der Waals surface area contributed by atoms with Crippen molar-refractivity contribution in [1.29, 1.82) is 0 Å². The maximum atomic E-state index is 13.7. The molecule has 3 N–H and O–H groups in total. The second-order valence-corrected chi connectivity index (χ2v) is 4.93. The molecule has 0 aliphatic heterocycles. The highest BCUT2D eigenvalue weighted by atomic mass is 19.1. The Kier molecular flexibility index (Phi) is 6.17. The standard InChI is InChI=1S/C15H21F2N3O/c1-10(2)8-14(20(4)9-11(3)19-18)21-15-12(16)6-5-7-13(15)17/h5-9,14,19H,18H2,1-4H3/b11-9+. The van der Waals surface area contributed by atoms with E-state index < -0.39 is 23.6 Å². The van der Waals surface area contributed by atoms with E-state index >= 15 is 0 Å². The molecule has 0 aliphatic rings. The Bertz CT molecular complexity index is 519. The molecule has 0 radical (unpaired) electrons. The van der Waals surface area contributed by atoms with Gasteiger partial charge in [0, 0.05) is 18.9 Å². The smallest absolute Gasteiger partial charge is 0.193 e. The zero-order valence-electron chi connectivity index (χ0n) is 12.7. The van der Waals surface area contributed by atoms with Crippen LogP contribution in [0.25, 0.3) is 0 Å². The van der Waals surface area contributed by atoms with Gasteiger partial charge in [0.2, 0.25) is 0 Å². The number of nitrogens with two attached hydrogens (primary N) is 1. The fraction of sp³-hybridized carbons (Fsp3) is 0.333. The van der Waals surface area contributed by atoms with Crippen molar-refractivity contribution in [1.82, 2.24) is 10.3 Å². The van der Waals surface area contributed by atoms with Gasteiger partial charge in [-0.3, -0.25) is 5.84 Å². The number of benzene rings is 1. The minimum atomic E-state index is -0.742. The number of allylic oxidation sites excluding steroid dienone is 2. The third-order valence-corrected chi connectivity index (χ3v) is 2.66. The molecule has 1 atom stereocenters. The number of hydrogen-bond acceptors (Lipinski definition) is 4. The molecule has 116 valence electrons. The highest BCUT2D eigenvalue weighted by molar-refractivity contribution is 5.27. The van der Waals surface area contributed by atoms with Crippen LogP contribution in [-0.4, -0.2) is 18.2 Å². The molecule has 0 fully saturated rings. The topological polar surface area (TPSA) is 50.5 Å². The van der Waals surface area contributed by atoms with E-state index in [9.17, 15) is 8.78 Å². The second-order valence-electron chi connectivity index (χ2n) is 4.93. The highest BCUT2D eigenvalue weighted by Gasteiger charge is 2.17. The Labute approximate surface area is 123 Å². The van der Waals surface area contributed by atoms with Crippen molar-refractivity contribution in [3.05, 3.63) is 53.4 Å². The molecule has 1 rings (SSSR count). The number of ether oxygens (including phenoxy) is 1. The van der Waals surface area contributed by atoms with Crippen LogP contribution in [0.4, 0.5) is 8.78 Å². The van der Waals surface area contributed by atoms with Crippen LogP contribution in [-0.2, 0) is 0 Å². The summed E-state index contributed by atoms with van der Waals surface area (Å²) in [4.78, 5) is 1.66. The van der Waals surface area contributed by atoms with Gasteiger partial charge >= 0.3 is 0 Å². The number of nitrogens with zero attached hydrogens (tertiary/aromatic N) is 1. The predicted molar refractivity (Wildman–Crippen MR) is 79.0 cm³/mol. The monoisotopic (exact) mass is 297 g/mol. The van der Waals surface area contributed by atoms with Crippen LogP contribution >= 0.6 is 0 Å². The second kappa shape index (κ2) is 7.64. The fourth-order valence-corrected chi connectivity index (χ4v) is 1.65. The zero-order chi connectivity index (χ0) is 16.0. The summed E-state index contributed by atoms with van der Waals surface area (Å²) in [5.41, 5.74) is 4.12. The van der Waals surface area contributed by atoms with Crippen molar-refractivity contribution >= 4 is 0 Å². The number of para-hydroxylation sites is 1. The molecule has 0 amide bonds. The third-order valence-electron chi connectivity index (χ3n) is 2.66. The van der Waals surface area contributed by atoms with Gasteiger partial charge in [-0.15, -0.1) is 0 Å². The summed E-state index contributed by atoms with van der Waals surface area (Å²) in [6.07, 6.45) is 2.78. The van der Waals surface area contributed by atoms with Crippen molar-refractivity contribution in [2.24, 2.45) is 5.84 Å². The van der Waals surface area contributed by atoms with E-state index in [1.54, 1.807) is 31.1 Å². The number of hydrogen-bond donors (Lipinski definition) is 2. The molecule has 1 aromatic rings. The Morgan fingerprint density at radius 3 is 2.33 bits per heavy atom. The average molecular weight is 297 g/mol. The molecule has 0 bridgehead atoms. The summed E-state index contributed by atoms with van der Waals surface area (Å²) in [6.45, 7) is 5.51. The van der Waals surface area contributed by atoms with Crippen LogP contribution in [0.1, 0.15) is 20.8 Å². The van der Waals surface area contributed by atoms with Crippen LogP contribution in [0.2, 0.25) is 0 Å². The normalized spacial score (nSPS) is 12.6. The van der Waals surface area contributed by atoms with Gasteiger partial charge in [0.1, 0.15) is 0 Å². The molecule has 6 heteroatoms. The van der Waals surface area contributed by atoms with Gasteiger partial charge < -0.3 is 15.1 Å². The SMILES string of the molecule is CC(C)=CC(Oc1c(F)cccc1F)N(C)/C=C(\C)NN. The van der Waals surface area contributed by atoms with Crippen molar-refractivity contribution < 1.29 is 13.5 Å². The lowest BCUT2D eigenvalue weighted by atomic mass is 10.2. The van der Waals surface area contributed by atoms with Gasteiger partial charge in [0.05, 0.1) is 0 Å². The van der Waals surface area contributed by atoms with E-state index in [0.717, 1.165) is 17.7 Å². The Morgan fingerprint density at radius 1 is 1.29 bits per heavy atom. The van der Waals surface area contributed by atoms with Crippen LogP contribution < -0.4 is 16.0 Å². The highest BCUT2D eigenvalue weighted by Crippen LogP contribution is 2.23. The molecule has 1 aromatic carbocycles. The minimum absolute atomic E-state index is 0.404. The van der Waals surface area contributed by atoms with Gasteiger partial charge in [0.25, 0.3) is 0 Å². The van der Waals surface area contributed by atoms with E-state index in [1.165, 1.54) is 6.07 Å². The van der Waals surface area contributed by atoms with Crippen LogP contribution in [0.15, 0.2) is 41.7 Å². The first kappa shape index (κ1) is 17.0. The van der Waals surface area contributed by atoms with Crippen molar-refractivity contribution in [3.63, 3.8) is 0 Å². The maximum Gasteiger partial charge on any atom is 0.193 e. The summed E-state index contributed by atoms with van der Waals surface area (Å²) in [7, 11) is 1.73. The van der Waals surface area contributed by atoms with Crippen LogP contribution in [0, 0.1) is 11.6 Å². The maximum absolute atomic E-state index is 13.7. The first-order valence-electron chi connectivity index (χ1n) is 6.47. The summed E-state index contributed by atoms with van der Waals surface area (Å²) in [5.74, 6) is 3.41. The van der Waals surface area contributed by atoms with E-state index in [1.807, 2.05) is 13.8 Å². The third kappa shape index (κ3) is 5.07. The Hall–Kier alpha value is -2.08. The molecule has 0 aliphatic carbocycles. The quantitative estimate of drug-likeness (QED) is 0.367. The van der Waals surface area contributed by atoms with E-state index in [-0.39, 0.29) is 0 Å². The lowest BCUT2D eigenvalue weighted by molar-refractivity contribution is 0.111. The molecular weight excluding hydrogens is 276 g/mol. The zero-order valence-corrected chi connectivity index (χ0v) is 12.7. The van der Waals surface area contributed by atoms with Gasteiger partial charge in [-0.2, -0.15) is 0 Å². The van der Waals surface area contributed by atoms with Gasteiger partial charge in [0.15, 0.2) is 23.6 Å². The summed E-state index contributed by atoms with van der Waals surface area (Å²) >= 11 is 0. The van der Waals surface area contributed by atoms with E-state index in [2.05, 4.69) is 5.43 Å². The Morgan fingerprint density at radius 2 is 1.86 bits per heavy atom. The number of hydrazine groups is 1. The molecule has 0 saturated heterocycles. The lowest BCUT2D eigenvalue weighted by Gasteiger charge is -2.26. The van der Waals surface area contributed by atoms with E-state index in [0.29, 0.717) is 5.70 Å². The van der Waals surface area contributed by atoms with Crippen molar-refractivity contribution in [2.45, 2.75) is 27.0 Å². The van der Waals surface area contributed by atoms with E-state index in [4.69, 9.17) is 10.6 Å². The van der Waals surface area contributed by atoms with Crippen molar-refractivity contribution in [2.75, 3.05) is 7.05 Å². The Balaban J connectivity index is 3.07. The first-order valence-corrected chi connectivity index (χ1v) is 6.47. The van der Waals surface area contributed by atoms with Gasteiger partial charge in [-0.1, -0.05) is 11.6 Å². The van der Waals surface area contributed by atoms with Crippen LogP contribution in [0.3, 0.4) is 0 Å². The number of nitrogens with one attached hydrogen (secondary N) is 1. The number of halogens is 2. The van der Waals surface area contributed by atoms with Gasteiger partial charge in [-0.05, 0) is 39.0 Å². The summed E-state index contributed by atoms with van der Waals surface area (Å²) in [5, 5.41) is 0. The molecule has 0 saturated carbocycles. The molecule has 21 heavy (non-hydrogen) atoms. The first-order chi connectivity index (χ1) is 9.85. The molecule has 0 aromatic heterocycles. The lowest BCUT2D eigenvalue weighted by Crippen LogP contribution is -2.33.